The number of hydrogen-bond acceptors (Lipinski definition) is 33. The van der Waals surface area contributed by atoms with Crippen LogP contribution < -0.4 is 53.6 Å². The van der Waals surface area contributed by atoms with E-state index < -0.39 is 294 Å². The number of allylic oxidation sites excluding steroid dienone is 1. The first kappa shape index (κ1) is 104. The summed E-state index contributed by atoms with van der Waals surface area (Å²) in [7, 11) is 0.993. The standard InChI is InChI=1S/C81H125N11O33/c1-9-11-12-13-14-15-16-17-18-19-20-21-52(122-80-68(109)69(51(100)37-119-80)125-79-60(84-42(7)97)65(106)62(103)53(35-93)123-79)64(105)77(117)90-58(39(4)96)74(114)91-59-40(5)120-78(118)50(33-44-24-28-46(99)29-25-44)88-76(116)61(41(6)121-81-67(108)66(107)63(104)54(36-94)124-81)92(8)56(102)34-83-70(110)48(30-31-55(82)101)86-71(111)47(10-2)85-72(112)49(32-43-22-26-45(98)27-23-43)87-73(113)57(38(3)95)89-75(59)115/h10,22-29,38-41,48-54,57-69,79-81,93-96,98-100,103-109H,9,11-21,30-37H2,1-8H3,(H2,82,101)(H,83,110)(H,84,97)(H,85,112)(H,86,111)(H,87,113)(H,88,116)(H,89,115)(H,90,117)(H,91,114). The average molecular weight is 1780 g/mol. The van der Waals surface area contributed by atoms with Crippen molar-refractivity contribution in [1.29, 1.82) is 0 Å². The third-order valence-corrected chi connectivity index (χ3v) is 21.7. The molecule has 0 saturated carbocycles. The zero-order chi connectivity index (χ0) is 92.8. The average Bonchev–Trinajstić information content (AvgIpc) is 0.801. The summed E-state index contributed by atoms with van der Waals surface area (Å²) in [5.74, 6) is -15.9. The monoisotopic (exact) mass is 1780 g/mol. The molecular formula is C81H125N11O33. The van der Waals surface area contributed by atoms with Gasteiger partial charge in [-0.25, -0.2) is 4.79 Å². The Balaban J connectivity index is 1.44. The minimum absolute atomic E-state index is 0.133. The predicted octanol–water partition coefficient (Wildman–Crippen LogP) is -7.21. The van der Waals surface area contributed by atoms with Crippen LogP contribution in [0.1, 0.15) is 149 Å². The Morgan fingerprint density at radius 1 is 0.632 bits per heavy atom. The van der Waals surface area contributed by atoms with Crippen LogP contribution in [-0.2, 0) is 104 Å². The maximum absolute atomic E-state index is 15.4. The number of primary amides is 1. The second kappa shape index (κ2) is 50.9. The number of nitrogens with one attached hydrogen (secondary N) is 9. The normalized spacial score (nSPS) is 30.5. The van der Waals surface area contributed by atoms with Gasteiger partial charge in [-0.15, -0.1) is 0 Å². The second-order valence-corrected chi connectivity index (χ2v) is 31.6. The van der Waals surface area contributed by atoms with E-state index in [0.29, 0.717) is 17.7 Å². The molecule has 27 atom stereocenters. The van der Waals surface area contributed by atoms with Gasteiger partial charge >= 0.3 is 5.97 Å². The van der Waals surface area contributed by atoms with Crippen LogP contribution >= 0.6 is 0 Å². The molecule has 4 aliphatic heterocycles. The smallest absolute Gasteiger partial charge is 0.329 e. The number of ether oxygens (including phenoxy) is 7. The fraction of sp³-hybridized carbons (Fsp3) is 0.679. The van der Waals surface area contributed by atoms with Gasteiger partial charge in [0.15, 0.2) is 25.0 Å². The molecule has 0 spiro atoms. The first-order valence-corrected chi connectivity index (χ1v) is 41.7. The Bertz CT molecular complexity index is 3890. The Morgan fingerprint density at radius 3 is 1.73 bits per heavy atom. The molecule has 4 fully saturated rings. The molecule has 44 heteroatoms. The molecule has 702 valence electrons. The Morgan fingerprint density at radius 2 is 1.18 bits per heavy atom. The van der Waals surface area contributed by atoms with Crippen molar-refractivity contribution in [1.82, 2.24) is 52.8 Å². The Labute approximate surface area is 721 Å². The number of nitrogens with two attached hydrogens (primary N) is 1. The fourth-order valence-electron chi connectivity index (χ4n) is 14.4. The number of phenolic OH excluding ortho intramolecular Hbond substituents is 2. The molecule has 4 saturated heterocycles. The zero-order valence-corrected chi connectivity index (χ0v) is 71.0. The van der Waals surface area contributed by atoms with Crippen LogP contribution in [0.4, 0.5) is 0 Å². The van der Waals surface area contributed by atoms with Crippen molar-refractivity contribution in [3.63, 3.8) is 0 Å². The van der Waals surface area contributed by atoms with E-state index in [1.54, 1.807) is 0 Å². The highest BCUT2D eigenvalue weighted by Crippen LogP contribution is 2.31. The Hall–Kier alpha value is -9.30. The third kappa shape index (κ3) is 31.0. The fourth-order valence-corrected chi connectivity index (χ4v) is 14.4. The van der Waals surface area contributed by atoms with Crippen LogP contribution in [0.25, 0.3) is 0 Å². The zero-order valence-electron chi connectivity index (χ0n) is 71.0. The largest absolute Gasteiger partial charge is 0.508 e. The number of esters is 1. The predicted molar refractivity (Wildman–Crippen MR) is 432 cm³/mol. The minimum atomic E-state index is -2.41. The SMILES string of the molecule is CC=C1NC(=O)C(Cc2ccc(O)cc2)NC(=O)C(C(C)O)NC(=O)C(NC(=O)C(NC(=O)C(O)C(CCCCCCCCCCCCC)OC2OCC(O)C(OC3OC(CO)C(O)C(O)C3NC(C)=O)C2O)C(C)O)C(C)OC(=O)C(Cc2ccc(O)cc2)NC(=O)C(C(C)OC2OC(CO)C(O)C(O)C2O)N(C)C(=O)CNC(=O)C(CCC(N)=O)NC1=O. The molecule has 4 aliphatic rings. The molecule has 2 aromatic rings. The molecule has 125 heavy (non-hydrogen) atoms. The maximum atomic E-state index is 15.4. The van der Waals surface area contributed by atoms with Crippen molar-refractivity contribution in [3.05, 3.63) is 71.4 Å². The molecule has 0 radical (unpaired) electrons. The number of aliphatic hydroxyl groups is 12. The van der Waals surface area contributed by atoms with Crippen LogP contribution in [0.15, 0.2) is 60.3 Å². The summed E-state index contributed by atoms with van der Waals surface area (Å²) < 4.78 is 41.0. The van der Waals surface area contributed by atoms with Gasteiger partial charge in [0.2, 0.25) is 53.2 Å². The summed E-state index contributed by atoms with van der Waals surface area (Å²) in [5.41, 5.74) is 5.19. The number of likely N-dealkylation sites (N-methyl/N-ethyl adjacent to an activating group) is 1. The Kier molecular flexibility index (Phi) is 42.5. The van der Waals surface area contributed by atoms with Gasteiger partial charge in [0.25, 0.3) is 11.8 Å². The van der Waals surface area contributed by atoms with E-state index >= 15 is 19.2 Å². The van der Waals surface area contributed by atoms with Crippen molar-refractivity contribution in [3.8, 4) is 11.5 Å². The summed E-state index contributed by atoms with van der Waals surface area (Å²) in [5, 5.41) is 174. The number of amides is 11. The number of unbranched alkanes of at least 4 members (excludes halogenated alkanes) is 10. The van der Waals surface area contributed by atoms with Crippen LogP contribution in [-0.4, -0.2) is 346 Å². The van der Waals surface area contributed by atoms with E-state index in [1.165, 1.54) is 55.5 Å². The highest BCUT2D eigenvalue weighted by molar-refractivity contribution is 6.02. The van der Waals surface area contributed by atoms with Gasteiger partial charge in [0, 0.05) is 33.2 Å². The number of nitrogens with zero attached hydrogens (tertiary/aromatic N) is 1. The highest BCUT2D eigenvalue weighted by atomic mass is 16.7. The van der Waals surface area contributed by atoms with Crippen LogP contribution in [0.3, 0.4) is 0 Å². The molecule has 0 aromatic heterocycles. The van der Waals surface area contributed by atoms with Crippen molar-refractivity contribution < 1.29 is 162 Å². The number of cyclic esters (lactones) is 1. The van der Waals surface area contributed by atoms with E-state index in [4.69, 9.17) is 38.9 Å². The molecule has 0 bridgehead atoms. The topological polar surface area (TPSA) is 690 Å². The molecule has 11 amide bonds. The van der Waals surface area contributed by atoms with E-state index in [1.807, 2.05) is 0 Å². The molecule has 27 unspecified atom stereocenters. The number of rotatable bonds is 36. The summed E-state index contributed by atoms with van der Waals surface area (Å²) >= 11 is 0. The number of aliphatic hydroxyl groups excluding tert-OH is 12. The lowest BCUT2D eigenvalue weighted by Crippen LogP contribution is -2.67. The van der Waals surface area contributed by atoms with Gasteiger partial charge in [0.05, 0.1) is 50.8 Å². The lowest BCUT2D eigenvalue weighted by Gasteiger charge is -2.46. The van der Waals surface area contributed by atoms with Crippen molar-refractivity contribution in [2.45, 2.75) is 316 Å². The molecule has 6 rings (SSSR count). The molecular weight excluding hydrogens is 1650 g/mol. The maximum Gasteiger partial charge on any atom is 0.329 e. The van der Waals surface area contributed by atoms with Gasteiger partial charge in [-0.3, -0.25) is 52.7 Å². The molecule has 4 heterocycles. The van der Waals surface area contributed by atoms with Crippen molar-refractivity contribution >= 4 is 70.9 Å². The first-order chi connectivity index (χ1) is 59.1. The van der Waals surface area contributed by atoms with Gasteiger partial charge in [-0.2, -0.15) is 0 Å². The number of carbonyl (C=O) groups excluding carboxylic acids is 12. The summed E-state index contributed by atoms with van der Waals surface area (Å²) in [6, 6.07) is -6.20. The van der Waals surface area contributed by atoms with E-state index in [2.05, 4.69) is 54.8 Å². The van der Waals surface area contributed by atoms with E-state index in [9.17, 15) is 110 Å². The number of hydrogen-bond donors (Lipinski definition) is 24. The van der Waals surface area contributed by atoms with Gasteiger partial charge in [0.1, 0.15) is 133 Å². The highest BCUT2D eigenvalue weighted by Gasteiger charge is 2.52. The third-order valence-electron chi connectivity index (χ3n) is 21.7. The lowest BCUT2D eigenvalue weighted by atomic mass is 9.96. The van der Waals surface area contributed by atoms with E-state index in [-0.39, 0.29) is 35.5 Å². The van der Waals surface area contributed by atoms with Crippen LogP contribution in [0.5, 0.6) is 11.5 Å². The van der Waals surface area contributed by atoms with Gasteiger partial charge in [-0.05, 0) is 82.9 Å². The number of carbonyl (C=O) groups is 12. The van der Waals surface area contributed by atoms with Crippen molar-refractivity contribution in [2.24, 2.45) is 5.73 Å². The van der Waals surface area contributed by atoms with Crippen molar-refractivity contribution in [2.75, 3.05) is 33.4 Å². The number of aromatic hydroxyl groups is 2. The number of phenols is 2. The quantitative estimate of drug-likeness (QED) is 0.0171. The number of benzene rings is 2. The van der Waals surface area contributed by atoms with Crippen LogP contribution in [0.2, 0.25) is 0 Å². The summed E-state index contributed by atoms with van der Waals surface area (Å²) in [4.78, 5) is 174. The molecule has 2 aromatic carbocycles. The van der Waals surface area contributed by atoms with Gasteiger partial charge < -0.3 is 163 Å². The molecule has 0 aliphatic carbocycles. The van der Waals surface area contributed by atoms with Crippen LogP contribution in [0, 0.1) is 0 Å². The first-order valence-electron chi connectivity index (χ1n) is 41.7. The summed E-state index contributed by atoms with van der Waals surface area (Å²) in [6.07, 6.45) is -28.3. The van der Waals surface area contributed by atoms with Gasteiger partial charge in [-0.1, -0.05) is 108 Å². The van der Waals surface area contributed by atoms with E-state index in [0.717, 1.165) is 99.1 Å². The molecule has 44 nitrogen and oxygen atoms in total. The lowest BCUT2D eigenvalue weighted by molar-refractivity contribution is -0.339. The minimum Gasteiger partial charge on any atom is -0.508 e. The summed E-state index contributed by atoms with van der Waals surface area (Å²) in [6.45, 7) is 4.91. The second-order valence-electron chi connectivity index (χ2n) is 31.6. The molecule has 25 N–H and O–H groups in total.